The first-order chi connectivity index (χ1) is 20.5. The van der Waals surface area contributed by atoms with Crippen molar-refractivity contribution >= 4 is 0 Å². The maximum Gasteiger partial charge on any atom is 0.102 e. The Kier molecular flexibility index (Phi) is 13.5. The number of rotatable bonds is 6. The van der Waals surface area contributed by atoms with Gasteiger partial charge in [-0.2, -0.15) is 0 Å². The van der Waals surface area contributed by atoms with Gasteiger partial charge in [-0.05, 0) is 76.7 Å². The zero-order valence-electron chi connectivity index (χ0n) is 28.3. The topological polar surface area (TPSA) is 80.9 Å². The highest BCUT2D eigenvalue weighted by Crippen LogP contribution is 2.41. The van der Waals surface area contributed by atoms with Crippen molar-refractivity contribution in [3.63, 3.8) is 0 Å². The van der Waals surface area contributed by atoms with Crippen molar-refractivity contribution in [2.24, 2.45) is 10.8 Å². The van der Waals surface area contributed by atoms with Crippen molar-refractivity contribution in [1.29, 1.82) is 0 Å². The maximum atomic E-state index is 10.2. The van der Waals surface area contributed by atoms with Crippen LogP contribution in [0.15, 0.2) is 105 Å². The summed E-state index contributed by atoms with van der Waals surface area (Å²) in [7, 11) is 0. The summed E-state index contributed by atoms with van der Waals surface area (Å²) < 4.78 is 0. The normalized spacial score (nSPS) is 26.8. The van der Waals surface area contributed by atoms with Gasteiger partial charge < -0.3 is 20.4 Å². The van der Waals surface area contributed by atoms with Crippen LogP contribution >= 0.6 is 0 Å². The molecular formula is C40H52O4. The van der Waals surface area contributed by atoms with E-state index in [1.165, 1.54) is 0 Å². The molecule has 0 saturated heterocycles. The summed E-state index contributed by atoms with van der Waals surface area (Å²) in [5.41, 5.74) is 6.83. The van der Waals surface area contributed by atoms with Crippen molar-refractivity contribution in [3.05, 3.63) is 105 Å². The predicted molar refractivity (Wildman–Crippen MR) is 184 cm³/mol. The van der Waals surface area contributed by atoms with Crippen LogP contribution in [0.1, 0.15) is 82.1 Å². The van der Waals surface area contributed by atoms with E-state index in [-0.39, 0.29) is 10.8 Å². The van der Waals surface area contributed by atoms with Gasteiger partial charge in [0.15, 0.2) is 0 Å². The van der Waals surface area contributed by atoms with Gasteiger partial charge in [0.1, 0.15) is 12.2 Å². The minimum atomic E-state index is -0.852. The fraction of sp³-hybridized carbons (Fsp3) is 0.450. The molecule has 0 radical (unpaired) electrons. The molecule has 0 aromatic rings. The molecule has 4 nitrogen and oxygen atoms in total. The third-order valence-electron chi connectivity index (χ3n) is 8.21. The lowest BCUT2D eigenvalue weighted by atomic mass is 9.71. The van der Waals surface area contributed by atoms with Gasteiger partial charge in [0.25, 0.3) is 0 Å². The molecule has 0 bridgehead atoms. The van der Waals surface area contributed by atoms with E-state index in [9.17, 15) is 20.4 Å². The summed E-state index contributed by atoms with van der Waals surface area (Å²) in [6, 6.07) is 0. The molecule has 0 aromatic carbocycles. The van der Waals surface area contributed by atoms with E-state index in [0.717, 1.165) is 44.6 Å². The van der Waals surface area contributed by atoms with E-state index in [2.05, 4.69) is 51.4 Å². The molecule has 2 rings (SSSR count). The molecule has 4 N–H and O–H groups in total. The van der Waals surface area contributed by atoms with Crippen molar-refractivity contribution < 1.29 is 20.4 Å². The number of aliphatic hydroxyl groups excluding tert-OH is 4. The van der Waals surface area contributed by atoms with E-state index in [4.69, 9.17) is 0 Å². The maximum absolute atomic E-state index is 10.2. The standard InChI is InChI=1S/C40H52O4/c1-27(17-13-19-29(3)21-23-33-31(5)37(43)35(41)25-39(33,7)8)15-11-12-16-28(2)18-14-20-30(4)22-24-34-32(6)38(44)36(42)26-40(34,9)10/h11-20,35-38,41-44H,25-26H2,1-10H3. The van der Waals surface area contributed by atoms with Crippen LogP contribution < -0.4 is 0 Å². The van der Waals surface area contributed by atoms with Crippen molar-refractivity contribution in [2.75, 3.05) is 0 Å². The van der Waals surface area contributed by atoms with Gasteiger partial charge in [0.2, 0.25) is 0 Å². The second kappa shape index (κ2) is 16.1. The van der Waals surface area contributed by atoms with Gasteiger partial charge in [0.05, 0.1) is 12.2 Å². The molecule has 4 atom stereocenters. The molecule has 0 aromatic heterocycles. The lowest BCUT2D eigenvalue weighted by molar-refractivity contribution is 0.00717. The Bertz CT molecular complexity index is 1360. The smallest absolute Gasteiger partial charge is 0.102 e. The first kappa shape index (κ1) is 36.8. The van der Waals surface area contributed by atoms with E-state index in [0.29, 0.717) is 12.8 Å². The minimum absolute atomic E-state index is 0.271. The quantitative estimate of drug-likeness (QED) is 0.191. The van der Waals surface area contributed by atoms with E-state index in [1.54, 1.807) is 0 Å². The molecule has 2 aliphatic rings. The highest BCUT2D eigenvalue weighted by atomic mass is 16.3. The fourth-order valence-electron chi connectivity index (χ4n) is 5.57. The molecule has 0 heterocycles. The average molecular weight is 597 g/mol. The predicted octanol–water partition coefficient (Wildman–Crippen LogP) is 7.38. The Balaban J connectivity index is 1.97. The average Bonchev–Trinajstić information content (AvgIpc) is 2.92. The van der Waals surface area contributed by atoms with E-state index < -0.39 is 24.4 Å². The third-order valence-corrected chi connectivity index (χ3v) is 8.21. The van der Waals surface area contributed by atoms with Gasteiger partial charge in [0, 0.05) is 22.0 Å². The molecule has 0 amide bonds. The minimum Gasteiger partial charge on any atom is -0.390 e. The van der Waals surface area contributed by atoms with Crippen LogP contribution in [0.25, 0.3) is 0 Å². The first-order valence-electron chi connectivity index (χ1n) is 15.4. The number of hydrogen-bond donors (Lipinski definition) is 4. The highest BCUT2D eigenvalue weighted by molar-refractivity contribution is 5.47. The molecule has 0 spiro atoms. The van der Waals surface area contributed by atoms with Gasteiger partial charge >= 0.3 is 0 Å². The highest BCUT2D eigenvalue weighted by Gasteiger charge is 2.38. The first-order valence-corrected chi connectivity index (χ1v) is 15.4. The van der Waals surface area contributed by atoms with Gasteiger partial charge in [-0.1, -0.05) is 123 Å². The summed E-state index contributed by atoms with van der Waals surface area (Å²) >= 11 is 0. The van der Waals surface area contributed by atoms with Crippen molar-refractivity contribution in [2.45, 2.75) is 106 Å². The zero-order valence-corrected chi connectivity index (χ0v) is 28.3. The molecular weight excluding hydrogens is 544 g/mol. The van der Waals surface area contributed by atoms with Crippen LogP contribution in [0.2, 0.25) is 0 Å². The number of hydrogen-bond acceptors (Lipinski definition) is 4. The zero-order chi connectivity index (χ0) is 33.2. The third kappa shape index (κ3) is 10.7. The Labute approximate surface area is 266 Å². The van der Waals surface area contributed by atoms with Crippen LogP contribution in [0, 0.1) is 34.5 Å². The van der Waals surface area contributed by atoms with Crippen molar-refractivity contribution in [1.82, 2.24) is 0 Å². The Hall–Kier alpha value is -3.38. The summed E-state index contributed by atoms with van der Waals surface area (Å²) in [5, 5.41) is 40.7. The molecule has 0 saturated carbocycles. The SMILES string of the molecule is CC(C#CC1=C(C)C(O)C(O)CC1(C)C)=CC=CC(C)=CC=CC=C(C)C=CC=C(C)C#CC1=C(C)C(O)C(O)CC1(C)C. The Morgan fingerprint density at radius 1 is 0.591 bits per heavy atom. The van der Waals surface area contributed by atoms with Crippen LogP contribution in [0.4, 0.5) is 0 Å². The monoisotopic (exact) mass is 596 g/mol. The summed E-state index contributed by atoms with van der Waals surface area (Å²) in [6.45, 7) is 19.9. The van der Waals surface area contributed by atoms with Crippen LogP contribution in [-0.2, 0) is 0 Å². The van der Waals surface area contributed by atoms with E-state index >= 15 is 0 Å². The molecule has 4 heteroatoms. The summed E-state index contributed by atoms with van der Waals surface area (Å²) in [6.07, 6.45) is 17.9. The lowest BCUT2D eigenvalue weighted by Crippen LogP contribution is -2.39. The molecule has 44 heavy (non-hydrogen) atoms. The molecule has 4 unspecified atom stereocenters. The fourth-order valence-corrected chi connectivity index (χ4v) is 5.57. The Morgan fingerprint density at radius 3 is 1.27 bits per heavy atom. The van der Waals surface area contributed by atoms with Gasteiger partial charge in [-0.3, -0.25) is 0 Å². The number of aliphatic hydroxyl groups is 4. The largest absolute Gasteiger partial charge is 0.390 e. The van der Waals surface area contributed by atoms with Crippen molar-refractivity contribution in [3.8, 4) is 23.7 Å². The van der Waals surface area contributed by atoms with E-state index in [1.807, 2.05) is 102 Å². The second-order valence-corrected chi connectivity index (χ2v) is 13.4. The van der Waals surface area contributed by atoms with Crippen LogP contribution in [-0.4, -0.2) is 44.8 Å². The van der Waals surface area contributed by atoms with Crippen LogP contribution in [0.5, 0.6) is 0 Å². The summed E-state index contributed by atoms with van der Waals surface area (Å²) in [4.78, 5) is 0. The lowest BCUT2D eigenvalue weighted by Gasteiger charge is -2.37. The van der Waals surface area contributed by atoms with Crippen LogP contribution in [0.3, 0.4) is 0 Å². The molecule has 2 aliphatic carbocycles. The molecule has 236 valence electrons. The molecule has 0 fully saturated rings. The Morgan fingerprint density at radius 2 is 0.932 bits per heavy atom. The molecule has 0 aliphatic heterocycles. The number of allylic oxidation sites excluding steroid dienone is 16. The summed E-state index contributed by atoms with van der Waals surface area (Å²) in [5.74, 6) is 12.9. The van der Waals surface area contributed by atoms with Gasteiger partial charge in [-0.15, -0.1) is 0 Å². The van der Waals surface area contributed by atoms with Gasteiger partial charge in [-0.25, -0.2) is 0 Å². The second-order valence-electron chi connectivity index (χ2n) is 13.4.